The fourth-order valence-corrected chi connectivity index (χ4v) is 2.63. The lowest BCUT2D eigenvalue weighted by molar-refractivity contribution is -0.374. The van der Waals surface area contributed by atoms with Gasteiger partial charge in [0, 0.05) is 11.1 Å². The van der Waals surface area contributed by atoms with Crippen LogP contribution in [0.25, 0.3) is 0 Å². The summed E-state index contributed by atoms with van der Waals surface area (Å²) in [5.74, 6) is -23.8. The third-order valence-corrected chi connectivity index (χ3v) is 4.92. The number of hydrogen-bond donors (Lipinski definition) is 0. The van der Waals surface area contributed by atoms with Crippen molar-refractivity contribution in [3.63, 3.8) is 0 Å². The van der Waals surface area contributed by atoms with Gasteiger partial charge in [0.1, 0.15) is 0 Å². The highest BCUT2D eigenvalue weighted by atomic mass is 19.4. The van der Waals surface area contributed by atoms with E-state index in [1.807, 2.05) is 0 Å². The van der Waals surface area contributed by atoms with Gasteiger partial charge in [0.2, 0.25) is 0 Å². The van der Waals surface area contributed by atoms with Crippen molar-refractivity contribution in [3.8, 4) is 0 Å². The third-order valence-electron chi connectivity index (χ3n) is 4.92. The summed E-state index contributed by atoms with van der Waals surface area (Å²) >= 11 is 0. The average Bonchev–Trinajstić information content (AvgIpc) is 2.58. The first-order chi connectivity index (χ1) is 12.6. The molecule has 0 radical (unpaired) electrons. The molecule has 0 aromatic heterocycles. The number of rotatable bonds is 5. The minimum absolute atomic E-state index is 0.136. The lowest BCUT2D eigenvalue weighted by atomic mass is 9.88. The van der Waals surface area contributed by atoms with E-state index in [1.165, 1.54) is 27.7 Å². The van der Waals surface area contributed by atoms with Gasteiger partial charge in [-0.15, -0.1) is 0 Å². The Morgan fingerprint density at radius 1 is 0.464 bits per heavy atom. The summed E-state index contributed by atoms with van der Waals surface area (Å²) in [4.78, 5) is 0. The van der Waals surface area contributed by atoms with Crippen LogP contribution in [-0.4, -0.2) is 11.8 Å². The van der Waals surface area contributed by atoms with Crippen molar-refractivity contribution in [2.45, 2.75) is 51.4 Å². The molecule has 0 aliphatic heterocycles. The molecule has 2 aromatic rings. The van der Waals surface area contributed by atoms with Crippen LogP contribution in [0.2, 0.25) is 0 Å². The van der Waals surface area contributed by atoms with Crippen molar-refractivity contribution in [3.05, 3.63) is 69.8 Å². The molecule has 0 nitrogen and oxygen atoms in total. The van der Waals surface area contributed by atoms with Crippen LogP contribution < -0.4 is 0 Å². The van der Waals surface area contributed by atoms with Gasteiger partial charge in [0.25, 0.3) is 0 Å². The molecule has 0 fully saturated rings. The van der Waals surface area contributed by atoms with Gasteiger partial charge in [-0.3, -0.25) is 0 Å². The summed E-state index contributed by atoms with van der Waals surface area (Å²) in [6, 6.07) is 4.31. The molecule has 2 rings (SSSR count). The standard InChI is InChI=1S/C20H18F8/c1-11-5-7-15(9-13(11)3)17(21,22)19(25,26)20(27,28)18(23,24)16-8-6-12(2)14(4)10-16/h5-10H,1-4H3. The zero-order valence-corrected chi connectivity index (χ0v) is 15.5. The van der Waals surface area contributed by atoms with Crippen molar-refractivity contribution in [1.29, 1.82) is 0 Å². The maximum atomic E-state index is 14.4. The topological polar surface area (TPSA) is 0 Å². The molecule has 0 aliphatic carbocycles. The summed E-state index contributed by atoms with van der Waals surface area (Å²) in [5.41, 5.74) is -1.74. The number of benzene rings is 2. The quantitative estimate of drug-likeness (QED) is 0.462. The summed E-state index contributed by atoms with van der Waals surface area (Å²) < 4.78 is 115. The molecule has 0 unspecified atom stereocenters. The van der Waals surface area contributed by atoms with Crippen LogP contribution in [0, 0.1) is 27.7 Å². The van der Waals surface area contributed by atoms with Gasteiger partial charge in [-0.1, -0.05) is 24.3 Å². The summed E-state index contributed by atoms with van der Waals surface area (Å²) in [6.07, 6.45) is 0. The molecule has 0 aliphatic rings. The number of halogens is 8. The molecule has 0 bridgehead atoms. The minimum Gasteiger partial charge on any atom is -0.194 e. The Kier molecular flexibility index (Phi) is 5.34. The van der Waals surface area contributed by atoms with Gasteiger partial charge in [-0.2, -0.15) is 35.1 Å². The van der Waals surface area contributed by atoms with E-state index in [4.69, 9.17) is 0 Å². The van der Waals surface area contributed by atoms with Gasteiger partial charge in [-0.05, 0) is 62.1 Å². The molecule has 0 saturated heterocycles. The van der Waals surface area contributed by atoms with E-state index in [1.54, 1.807) is 0 Å². The zero-order chi connectivity index (χ0) is 21.7. The van der Waals surface area contributed by atoms with Crippen LogP contribution in [0.5, 0.6) is 0 Å². The van der Waals surface area contributed by atoms with Crippen LogP contribution in [0.1, 0.15) is 33.4 Å². The third kappa shape index (κ3) is 3.16. The SMILES string of the molecule is Cc1ccc(C(F)(F)C(F)(F)C(F)(F)C(F)(F)c2ccc(C)c(C)c2)cc1C. The van der Waals surface area contributed by atoms with E-state index in [0.29, 0.717) is 35.4 Å². The molecule has 154 valence electrons. The normalized spacial score (nSPS) is 13.7. The van der Waals surface area contributed by atoms with Crippen molar-refractivity contribution in [2.24, 2.45) is 0 Å². The van der Waals surface area contributed by atoms with Gasteiger partial charge in [-0.25, -0.2) is 0 Å². The second-order valence-corrected chi connectivity index (χ2v) is 6.90. The molecule has 8 heteroatoms. The van der Waals surface area contributed by atoms with Crippen molar-refractivity contribution in [1.82, 2.24) is 0 Å². The van der Waals surface area contributed by atoms with Crippen LogP contribution in [0.4, 0.5) is 35.1 Å². The zero-order valence-electron chi connectivity index (χ0n) is 15.5. The molecule has 0 N–H and O–H groups in total. The summed E-state index contributed by atoms with van der Waals surface area (Å²) in [5, 5.41) is 0. The second kappa shape index (κ2) is 6.74. The smallest absolute Gasteiger partial charge is 0.194 e. The van der Waals surface area contributed by atoms with Crippen LogP contribution in [0.3, 0.4) is 0 Å². The van der Waals surface area contributed by atoms with Crippen molar-refractivity contribution in [2.75, 3.05) is 0 Å². The average molecular weight is 410 g/mol. The number of alkyl halides is 8. The van der Waals surface area contributed by atoms with E-state index < -0.39 is 34.8 Å². The highest BCUT2D eigenvalue weighted by Crippen LogP contribution is 2.59. The van der Waals surface area contributed by atoms with E-state index in [9.17, 15) is 35.1 Å². The van der Waals surface area contributed by atoms with Gasteiger partial charge >= 0.3 is 23.7 Å². The minimum atomic E-state index is -6.36. The molecule has 0 amide bonds. The molecule has 28 heavy (non-hydrogen) atoms. The number of aryl methyl sites for hydroxylation is 4. The summed E-state index contributed by atoms with van der Waals surface area (Å²) in [7, 11) is 0. The molecule has 0 atom stereocenters. The monoisotopic (exact) mass is 410 g/mol. The Morgan fingerprint density at radius 2 is 0.750 bits per heavy atom. The summed E-state index contributed by atoms with van der Waals surface area (Å²) in [6.45, 7) is 5.62. The Bertz CT molecular complexity index is 810. The molecule has 0 spiro atoms. The highest BCUT2D eigenvalue weighted by Gasteiger charge is 2.81. The fourth-order valence-electron chi connectivity index (χ4n) is 2.63. The Balaban J connectivity index is 2.59. The van der Waals surface area contributed by atoms with Gasteiger partial charge < -0.3 is 0 Å². The van der Waals surface area contributed by atoms with E-state index in [0.717, 1.165) is 12.1 Å². The van der Waals surface area contributed by atoms with Crippen LogP contribution in [0.15, 0.2) is 36.4 Å². The van der Waals surface area contributed by atoms with E-state index in [2.05, 4.69) is 0 Å². The molecular formula is C20H18F8. The fraction of sp³-hybridized carbons (Fsp3) is 0.400. The molecular weight excluding hydrogens is 392 g/mol. The first kappa shape index (κ1) is 22.2. The first-order valence-electron chi connectivity index (χ1n) is 8.24. The highest BCUT2D eigenvalue weighted by molar-refractivity contribution is 5.37. The largest absolute Gasteiger partial charge is 0.382 e. The first-order valence-corrected chi connectivity index (χ1v) is 8.24. The number of hydrogen-bond acceptors (Lipinski definition) is 0. The Hall–Kier alpha value is -2.12. The van der Waals surface area contributed by atoms with E-state index >= 15 is 0 Å². The van der Waals surface area contributed by atoms with Crippen LogP contribution in [-0.2, 0) is 11.8 Å². The Morgan fingerprint density at radius 3 is 1.00 bits per heavy atom. The maximum absolute atomic E-state index is 14.4. The van der Waals surface area contributed by atoms with Gasteiger partial charge in [0.05, 0.1) is 0 Å². The second-order valence-electron chi connectivity index (χ2n) is 6.90. The lowest BCUT2D eigenvalue weighted by Crippen LogP contribution is -2.59. The lowest BCUT2D eigenvalue weighted by Gasteiger charge is -2.37. The predicted octanol–water partition coefficient (Wildman–Crippen LogP) is 7.07. The predicted molar refractivity (Wildman–Crippen MR) is 89.5 cm³/mol. The van der Waals surface area contributed by atoms with E-state index in [-0.39, 0.29) is 11.1 Å². The van der Waals surface area contributed by atoms with Crippen molar-refractivity contribution < 1.29 is 35.1 Å². The van der Waals surface area contributed by atoms with Gasteiger partial charge in [0.15, 0.2) is 0 Å². The Labute approximate surface area is 157 Å². The molecule has 0 saturated carbocycles. The molecule has 0 heterocycles. The maximum Gasteiger partial charge on any atom is 0.382 e. The van der Waals surface area contributed by atoms with Crippen LogP contribution >= 0.6 is 0 Å². The molecule has 2 aromatic carbocycles. The van der Waals surface area contributed by atoms with Crippen molar-refractivity contribution >= 4 is 0 Å².